The number of nitrogens with one attached hydrogen (secondary N) is 3. The van der Waals surface area contributed by atoms with E-state index in [9.17, 15) is 0 Å². The van der Waals surface area contributed by atoms with Gasteiger partial charge in [0.1, 0.15) is 0 Å². The zero-order valence-corrected chi connectivity index (χ0v) is 8.20. The quantitative estimate of drug-likeness (QED) is 0.571. The first-order valence-corrected chi connectivity index (χ1v) is 4.69. The lowest BCUT2D eigenvalue weighted by molar-refractivity contribution is 0.205. The highest BCUT2D eigenvalue weighted by atomic mass is 15.3. The fourth-order valence-corrected chi connectivity index (χ4v) is 1.50. The van der Waals surface area contributed by atoms with Crippen LogP contribution in [0.15, 0.2) is 0 Å². The van der Waals surface area contributed by atoms with Gasteiger partial charge in [-0.1, -0.05) is 0 Å². The van der Waals surface area contributed by atoms with Crippen LogP contribution in [0.1, 0.15) is 19.3 Å². The molecular weight excluding hydrogens is 192 g/mol. The average molecular weight is 204 g/mol. The predicted molar refractivity (Wildman–Crippen MR) is 51.5 cm³/mol. The molecule has 3 N–H and O–H groups in total. The van der Waals surface area contributed by atoms with Crippen LogP contribution in [0.3, 0.4) is 0 Å². The second-order valence-corrected chi connectivity index (χ2v) is 3.24. The second kappa shape index (κ2) is 5.95. The summed E-state index contributed by atoms with van der Waals surface area (Å²) in [4.78, 5) is 0. The fraction of sp³-hybridized carbons (Fsp3) is 0.667. The Morgan fingerprint density at radius 3 is 1.13 bits per heavy atom. The highest BCUT2D eigenvalue weighted by molar-refractivity contribution is 4.93. The summed E-state index contributed by atoms with van der Waals surface area (Å²) in [5, 5.41) is 34.9. The molecule has 1 aliphatic heterocycles. The van der Waals surface area contributed by atoms with Crippen molar-refractivity contribution < 1.29 is 0 Å². The summed E-state index contributed by atoms with van der Waals surface area (Å²) < 4.78 is 0. The predicted octanol–water partition coefficient (Wildman–Crippen LogP) is -0.512. The first-order chi connectivity index (χ1) is 7.30. The third-order valence-corrected chi connectivity index (χ3v) is 2.09. The number of hydrogen-bond acceptors (Lipinski definition) is 6. The maximum atomic E-state index is 8.57. The molecule has 0 amide bonds. The smallest absolute Gasteiger partial charge is 0.0729 e. The van der Waals surface area contributed by atoms with Crippen LogP contribution < -0.4 is 16.0 Å². The topological polar surface area (TPSA) is 107 Å². The van der Waals surface area contributed by atoms with E-state index in [1.807, 2.05) is 18.2 Å². The summed E-state index contributed by atoms with van der Waals surface area (Å²) in [6, 6.07) is 6.13. The Balaban J connectivity index is 2.54. The maximum Gasteiger partial charge on any atom is 0.0729 e. The molecule has 0 aromatic heterocycles. The first-order valence-electron chi connectivity index (χ1n) is 4.69. The van der Waals surface area contributed by atoms with Gasteiger partial charge in [0.15, 0.2) is 0 Å². The Labute approximate surface area is 88.5 Å². The highest BCUT2D eigenvalue weighted by Gasteiger charge is 2.25. The molecule has 6 heteroatoms. The minimum atomic E-state index is -0.159. The molecule has 0 spiro atoms. The summed E-state index contributed by atoms with van der Waals surface area (Å²) in [6.45, 7) is 0. The van der Waals surface area contributed by atoms with Gasteiger partial charge in [-0.25, -0.2) is 0 Å². The zero-order chi connectivity index (χ0) is 11.1. The molecule has 1 fully saturated rings. The van der Waals surface area contributed by atoms with E-state index in [0.29, 0.717) is 19.3 Å². The van der Waals surface area contributed by atoms with Gasteiger partial charge >= 0.3 is 0 Å². The van der Waals surface area contributed by atoms with Gasteiger partial charge in [-0.3, -0.25) is 16.0 Å². The molecule has 6 nitrogen and oxygen atoms in total. The Morgan fingerprint density at radius 2 is 0.933 bits per heavy atom. The van der Waals surface area contributed by atoms with Gasteiger partial charge in [-0.05, 0) is 0 Å². The lowest BCUT2D eigenvalue weighted by Gasteiger charge is -2.36. The monoisotopic (exact) mass is 204 g/mol. The van der Waals surface area contributed by atoms with Gasteiger partial charge < -0.3 is 0 Å². The van der Waals surface area contributed by atoms with Crippen molar-refractivity contribution in [2.24, 2.45) is 0 Å². The van der Waals surface area contributed by atoms with Crippen molar-refractivity contribution >= 4 is 0 Å². The van der Waals surface area contributed by atoms with Crippen molar-refractivity contribution in [1.82, 2.24) is 16.0 Å². The molecule has 0 bridgehead atoms. The van der Waals surface area contributed by atoms with E-state index in [2.05, 4.69) is 16.0 Å². The maximum absolute atomic E-state index is 8.57. The molecule has 15 heavy (non-hydrogen) atoms. The summed E-state index contributed by atoms with van der Waals surface area (Å²) in [7, 11) is 0. The largest absolute Gasteiger partial charge is 0.285 e. The van der Waals surface area contributed by atoms with Crippen LogP contribution in [0.2, 0.25) is 0 Å². The van der Waals surface area contributed by atoms with Crippen LogP contribution in [-0.2, 0) is 0 Å². The molecule has 1 rings (SSSR count). The second-order valence-electron chi connectivity index (χ2n) is 3.24. The first kappa shape index (κ1) is 11.4. The van der Waals surface area contributed by atoms with Gasteiger partial charge in [-0.2, -0.15) is 15.8 Å². The molecule has 0 aromatic rings. The Hall–Kier alpha value is -1.65. The third kappa shape index (κ3) is 3.53. The third-order valence-electron chi connectivity index (χ3n) is 2.09. The number of nitriles is 3. The van der Waals surface area contributed by atoms with Crippen LogP contribution in [0.25, 0.3) is 0 Å². The van der Waals surface area contributed by atoms with Crippen molar-refractivity contribution in [3.63, 3.8) is 0 Å². The van der Waals surface area contributed by atoms with Crippen molar-refractivity contribution in [2.75, 3.05) is 0 Å². The van der Waals surface area contributed by atoms with Crippen LogP contribution in [0.4, 0.5) is 0 Å². The zero-order valence-electron chi connectivity index (χ0n) is 8.20. The van der Waals surface area contributed by atoms with E-state index in [-0.39, 0.29) is 18.5 Å². The van der Waals surface area contributed by atoms with Gasteiger partial charge in [-0.15, -0.1) is 0 Å². The van der Waals surface area contributed by atoms with Crippen LogP contribution >= 0.6 is 0 Å². The van der Waals surface area contributed by atoms with Crippen LogP contribution in [0.5, 0.6) is 0 Å². The van der Waals surface area contributed by atoms with Crippen molar-refractivity contribution in [2.45, 2.75) is 37.8 Å². The van der Waals surface area contributed by atoms with Gasteiger partial charge in [0.05, 0.1) is 56.0 Å². The molecule has 0 atom stereocenters. The summed E-state index contributed by atoms with van der Waals surface area (Å²) in [6.07, 6.45) is 0.455. The molecule has 0 radical (unpaired) electrons. The SMILES string of the molecule is N#CCC1NC(CC#N)NC(CC#N)N1. The summed E-state index contributed by atoms with van der Waals surface area (Å²) >= 11 is 0. The summed E-state index contributed by atoms with van der Waals surface area (Å²) in [5.74, 6) is 0. The lowest BCUT2D eigenvalue weighted by Crippen LogP contribution is -2.66. The van der Waals surface area contributed by atoms with E-state index >= 15 is 0 Å². The van der Waals surface area contributed by atoms with E-state index in [4.69, 9.17) is 15.8 Å². The van der Waals surface area contributed by atoms with Crippen molar-refractivity contribution in [3.8, 4) is 18.2 Å². The average Bonchev–Trinajstić information content (AvgIpc) is 2.19. The van der Waals surface area contributed by atoms with Gasteiger partial charge in [0.25, 0.3) is 0 Å². The van der Waals surface area contributed by atoms with E-state index in [0.717, 1.165) is 0 Å². The lowest BCUT2D eigenvalue weighted by atomic mass is 10.2. The number of nitrogens with zero attached hydrogens (tertiary/aromatic N) is 3. The Kier molecular flexibility index (Phi) is 4.53. The molecule has 1 heterocycles. The van der Waals surface area contributed by atoms with Crippen LogP contribution in [0, 0.1) is 34.0 Å². The minimum Gasteiger partial charge on any atom is -0.285 e. The van der Waals surface area contributed by atoms with E-state index in [1.54, 1.807) is 0 Å². The van der Waals surface area contributed by atoms with Crippen molar-refractivity contribution in [1.29, 1.82) is 15.8 Å². The molecule has 0 aliphatic carbocycles. The molecule has 0 aromatic carbocycles. The highest BCUT2D eigenvalue weighted by Crippen LogP contribution is 2.02. The van der Waals surface area contributed by atoms with Gasteiger partial charge in [0, 0.05) is 0 Å². The summed E-state index contributed by atoms with van der Waals surface area (Å²) in [5.41, 5.74) is 0. The fourth-order valence-electron chi connectivity index (χ4n) is 1.50. The standard InChI is InChI=1S/C9H12N6/c10-4-1-7-13-8(2-5-11)15-9(14-7)3-6-12/h7-9,13-15H,1-3H2. The Bertz CT molecular complexity index is 261. The van der Waals surface area contributed by atoms with E-state index in [1.165, 1.54) is 0 Å². The van der Waals surface area contributed by atoms with Gasteiger partial charge in [0.2, 0.25) is 0 Å². The minimum absolute atomic E-state index is 0.159. The number of hydrogen-bond donors (Lipinski definition) is 3. The normalized spacial score (nSPS) is 29.8. The van der Waals surface area contributed by atoms with Crippen molar-refractivity contribution in [3.05, 3.63) is 0 Å². The molecule has 78 valence electrons. The molecular formula is C9H12N6. The molecule has 1 saturated heterocycles. The molecule has 0 saturated carbocycles. The van der Waals surface area contributed by atoms with Crippen LogP contribution in [-0.4, -0.2) is 18.5 Å². The molecule has 0 unspecified atom stereocenters. The Morgan fingerprint density at radius 1 is 0.667 bits per heavy atom. The number of rotatable bonds is 3. The molecule has 1 aliphatic rings. The van der Waals surface area contributed by atoms with E-state index < -0.39 is 0 Å².